The minimum Gasteiger partial charge on any atom is -0.393 e. The predicted octanol–water partition coefficient (Wildman–Crippen LogP) is 1.75. The lowest BCUT2D eigenvalue weighted by Crippen LogP contribution is -2.53. The van der Waals surface area contributed by atoms with Crippen molar-refractivity contribution < 1.29 is 14.6 Å². The Kier molecular flexibility index (Phi) is 6.10. The summed E-state index contributed by atoms with van der Waals surface area (Å²) >= 11 is 0. The highest BCUT2D eigenvalue weighted by atomic mass is 16.5. The summed E-state index contributed by atoms with van der Waals surface area (Å²) in [6, 6.07) is -0.00724. The van der Waals surface area contributed by atoms with Crippen molar-refractivity contribution in [3.05, 3.63) is 0 Å². The second kappa shape index (κ2) is 7.84. The van der Waals surface area contributed by atoms with Crippen LogP contribution in [0.15, 0.2) is 0 Å². The third-order valence-electron chi connectivity index (χ3n) is 4.41. The Hall–Kier alpha value is -0.810. The predicted molar refractivity (Wildman–Crippen MR) is 77.6 cm³/mol. The Morgan fingerprint density at radius 2 is 2.20 bits per heavy atom. The summed E-state index contributed by atoms with van der Waals surface area (Å²) in [7, 11) is 0. The molecule has 0 aromatic heterocycles. The topological polar surface area (TPSA) is 61.8 Å². The first-order valence-electron chi connectivity index (χ1n) is 7.97. The molecular weight excluding hydrogens is 256 g/mol. The van der Waals surface area contributed by atoms with E-state index in [0.717, 1.165) is 18.9 Å². The maximum atomic E-state index is 12.2. The first-order valence-corrected chi connectivity index (χ1v) is 7.97. The normalized spacial score (nSPS) is 25.7. The zero-order valence-corrected chi connectivity index (χ0v) is 12.5. The van der Waals surface area contributed by atoms with Crippen molar-refractivity contribution in [1.29, 1.82) is 0 Å². The number of nitrogens with one attached hydrogen (secondary N) is 1. The average molecular weight is 284 g/mol. The Labute approximate surface area is 121 Å². The number of morpholine rings is 1. The molecule has 116 valence electrons. The van der Waals surface area contributed by atoms with E-state index in [0.29, 0.717) is 26.2 Å². The smallest absolute Gasteiger partial charge is 0.317 e. The quantitative estimate of drug-likeness (QED) is 0.808. The lowest BCUT2D eigenvalue weighted by atomic mass is 10.0. The highest BCUT2D eigenvalue weighted by Gasteiger charge is 2.28. The zero-order chi connectivity index (χ0) is 14.4. The van der Waals surface area contributed by atoms with Gasteiger partial charge in [-0.3, -0.25) is 0 Å². The molecular formula is C15H28N2O3. The van der Waals surface area contributed by atoms with E-state index in [1.54, 1.807) is 6.92 Å². The van der Waals surface area contributed by atoms with Crippen molar-refractivity contribution in [2.75, 3.05) is 26.3 Å². The van der Waals surface area contributed by atoms with Gasteiger partial charge in [0.15, 0.2) is 0 Å². The minimum absolute atomic E-state index is 0.00283. The molecule has 1 aliphatic carbocycles. The van der Waals surface area contributed by atoms with Crippen LogP contribution in [0.1, 0.15) is 45.4 Å². The van der Waals surface area contributed by atoms with Gasteiger partial charge in [0.2, 0.25) is 0 Å². The lowest BCUT2D eigenvalue weighted by molar-refractivity contribution is -0.00432. The number of aliphatic hydroxyl groups is 1. The largest absolute Gasteiger partial charge is 0.393 e. The number of nitrogens with zero attached hydrogens (tertiary/aromatic N) is 1. The molecule has 2 fully saturated rings. The molecule has 5 nitrogen and oxygen atoms in total. The van der Waals surface area contributed by atoms with Crippen LogP contribution in [0.25, 0.3) is 0 Å². The molecule has 20 heavy (non-hydrogen) atoms. The molecule has 1 saturated heterocycles. The first kappa shape index (κ1) is 15.6. The fourth-order valence-electron chi connectivity index (χ4n) is 3.30. The van der Waals surface area contributed by atoms with E-state index < -0.39 is 6.10 Å². The van der Waals surface area contributed by atoms with Crippen LogP contribution in [0, 0.1) is 5.92 Å². The monoisotopic (exact) mass is 284 g/mol. The molecule has 2 aliphatic rings. The van der Waals surface area contributed by atoms with E-state index in [-0.39, 0.29) is 12.1 Å². The SMILES string of the molecule is C[C@@H](O)C[C@H]1COCCN1C(=O)NCCC1CCCC1. The molecule has 0 spiro atoms. The summed E-state index contributed by atoms with van der Waals surface area (Å²) in [4.78, 5) is 14.1. The van der Waals surface area contributed by atoms with Crippen LogP contribution in [-0.4, -0.2) is 54.5 Å². The molecule has 2 atom stereocenters. The zero-order valence-electron chi connectivity index (χ0n) is 12.5. The number of carbonyl (C=O) groups is 1. The molecule has 0 bridgehead atoms. The van der Waals surface area contributed by atoms with Crippen LogP contribution in [-0.2, 0) is 4.74 Å². The molecule has 2 N–H and O–H groups in total. The summed E-state index contributed by atoms with van der Waals surface area (Å²) in [5, 5.41) is 12.5. The van der Waals surface area contributed by atoms with Gasteiger partial charge in [-0.2, -0.15) is 0 Å². The Morgan fingerprint density at radius 3 is 2.90 bits per heavy atom. The van der Waals surface area contributed by atoms with Gasteiger partial charge in [-0.1, -0.05) is 25.7 Å². The maximum Gasteiger partial charge on any atom is 0.317 e. The average Bonchev–Trinajstić information content (AvgIpc) is 2.91. The minimum atomic E-state index is -0.407. The molecule has 1 aliphatic heterocycles. The second-order valence-corrected chi connectivity index (χ2v) is 6.18. The van der Waals surface area contributed by atoms with E-state index in [4.69, 9.17) is 4.74 Å². The summed E-state index contributed by atoms with van der Waals surface area (Å²) < 4.78 is 5.42. The van der Waals surface area contributed by atoms with E-state index in [9.17, 15) is 9.90 Å². The number of rotatable bonds is 5. The van der Waals surface area contributed by atoms with Crippen molar-refractivity contribution in [3.8, 4) is 0 Å². The van der Waals surface area contributed by atoms with E-state index in [1.807, 2.05) is 4.90 Å². The third-order valence-corrected chi connectivity index (χ3v) is 4.41. The summed E-state index contributed by atoms with van der Waals surface area (Å²) in [6.45, 7) is 4.26. The number of urea groups is 1. The van der Waals surface area contributed by atoms with Gasteiger partial charge >= 0.3 is 6.03 Å². The Bertz CT molecular complexity index is 303. The number of amides is 2. The Morgan fingerprint density at radius 1 is 1.45 bits per heavy atom. The van der Waals surface area contributed by atoms with Crippen LogP contribution in [0.4, 0.5) is 4.79 Å². The molecule has 2 rings (SSSR count). The highest BCUT2D eigenvalue weighted by molar-refractivity contribution is 5.74. The summed E-state index contributed by atoms with van der Waals surface area (Å²) in [5.74, 6) is 0.799. The van der Waals surface area contributed by atoms with Crippen LogP contribution < -0.4 is 5.32 Å². The number of ether oxygens (including phenoxy) is 1. The standard InChI is InChI=1S/C15H28N2O3/c1-12(18)10-14-11-20-9-8-17(14)15(19)16-7-6-13-4-2-3-5-13/h12-14,18H,2-11H2,1H3,(H,16,19)/t12-,14+/m1/s1. The number of aliphatic hydroxyl groups excluding tert-OH is 1. The first-order chi connectivity index (χ1) is 9.66. The van der Waals surface area contributed by atoms with Gasteiger partial charge in [0.1, 0.15) is 0 Å². The molecule has 2 amide bonds. The summed E-state index contributed by atoms with van der Waals surface area (Å²) in [5.41, 5.74) is 0. The third kappa shape index (κ3) is 4.63. The van der Waals surface area contributed by atoms with Crippen molar-refractivity contribution >= 4 is 6.03 Å². The van der Waals surface area contributed by atoms with Crippen molar-refractivity contribution in [2.24, 2.45) is 5.92 Å². The highest BCUT2D eigenvalue weighted by Crippen LogP contribution is 2.26. The van der Waals surface area contributed by atoms with Gasteiger partial charge in [0.05, 0.1) is 25.4 Å². The van der Waals surface area contributed by atoms with E-state index in [2.05, 4.69) is 5.32 Å². The Balaban J connectivity index is 1.73. The van der Waals surface area contributed by atoms with Crippen molar-refractivity contribution in [2.45, 2.75) is 57.6 Å². The van der Waals surface area contributed by atoms with Crippen LogP contribution >= 0.6 is 0 Å². The molecule has 1 saturated carbocycles. The van der Waals surface area contributed by atoms with Crippen LogP contribution in [0.5, 0.6) is 0 Å². The van der Waals surface area contributed by atoms with E-state index >= 15 is 0 Å². The number of carbonyl (C=O) groups excluding carboxylic acids is 1. The molecule has 0 aromatic carbocycles. The van der Waals surface area contributed by atoms with Gasteiger partial charge in [-0.25, -0.2) is 4.79 Å². The lowest BCUT2D eigenvalue weighted by Gasteiger charge is -2.36. The van der Waals surface area contributed by atoms with Gasteiger partial charge < -0.3 is 20.1 Å². The second-order valence-electron chi connectivity index (χ2n) is 6.18. The van der Waals surface area contributed by atoms with Crippen LogP contribution in [0.3, 0.4) is 0 Å². The molecule has 0 unspecified atom stereocenters. The van der Waals surface area contributed by atoms with Crippen molar-refractivity contribution in [1.82, 2.24) is 10.2 Å². The molecule has 5 heteroatoms. The van der Waals surface area contributed by atoms with Gasteiger partial charge in [-0.15, -0.1) is 0 Å². The van der Waals surface area contributed by atoms with Crippen LogP contribution in [0.2, 0.25) is 0 Å². The maximum absolute atomic E-state index is 12.2. The molecule has 0 radical (unpaired) electrons. The number of hydrogen-bond donors (Lipinski definition) is 2. The van der Waals surface area contributed by atoms with Gasteiger partial charge in [-0.05, 0) is 25.7 Å². The fourth-order valence-corrected chi connectivity index (χ4v) is 3.30. The molecule has 1 heterocycles. The van der Waals surface area contributed by atoms with Crippen molar-refractivity contribution in [3.63, 3.8) is 0 Å². The van der Waals surface area contributed by atoms with Gasteiger partial charge in [0.25, 0.3) is 0 Å². The fraction of sp³-hybridized carbons (Fsp3) is 0.933. The summed E-state index contributed by atoms with van der Waals surface area (Å²) in [6.07, 6.45) is 6.59. The molecule has 0 aromatic rings. The van der Waals surface area contributed by atoms with E-state index in [1.165, 1.54) is 25.7 Å². The number of hydrogen-bond acceptors (Lipinski definition) is 3. The van der Waals surface area contributed by atoms with Gasteiger partial charge in [0, 0.05) is 13.1 Å².